The molecule has 2 aliphatic heterocycles. The van der Waals surface area contributed by atoms with Crippen LogP contribution < -0.4 is 5.32 Å². The average molecular weight is 157 g/mol. The summed E-state index contributed by atoms with van der Waals surface area (Å²) < 4.78 is 0. The summed E-state index contributed by atoms with van der Waals surface area (Å²) in [6.45, 7) is 0. The van der Waals surface area contributed by atoms with Gasteiger partial charge >= 0.3 is 0 Å². The van der Waals surface area contributed by atoms with Gasteiger partial charge in [0, 0.05) is 12.1 Å². The van der Waals surface area contributed by atoms with Gasteiger partial charge in [-0.1, -0.05) is 0 Å². The molecular weight excluding hydrogens is 142 g/mol. The van der Waals surface area contributed by atoms with Crippen molar-refractivity contribution >= 4 is 12.6 Å². The lowest BCUT2D eigenvalue weighted by Gasteiger charge is -2.27. The topological polar surface area (TPSA) is 12.0 Å². The average Bonchev–Trinajstić information content (AvgIpc) is 2.30. The van der Waals surface area contributed by atoms with Gasteiger partial charge in [-0.05, 0) is 37.4 Å². The number of hydrogen-bond donors (Lipinski definition) is 2. The van der Waals surface area contributed by atoms with Crippen LogP contribution >= 0.6 is 12.6 Å². The molecule has 2 saturated heterocycles. The standard InChI is InChI=1S/C8H15NS/c10-5-6-3-7-1-2-8(4-6)9-7/h6-10H,1-5H2/t6?,7-,8+. The van der Waals surface area contributed by atoms with Crippen molar-refractivity contribution in [2.45, 2.75) is 37.8 Å². The maximum absolute atomic E-state index is 4.34. The summed E-state index contributed by atoms with van der Waals surface area (Å²) in [5.74, 6) is 2.00. The number of fused-ring (bicyclic) bond motifs is 2. The minimum Gasteiger partial charge on any atom is -0.311 e. The second-order valence-electron chi connectivity index (χ2n) is 3.66. The first-order valence-electron chi connectivity index (χ1n) is 4.25. The summed E-state index contributed by atoms with van der Waals surface area (Å²) >= 11 is 4.34. The van der Waals surface area contributed by atoms with E-state index in [-0.39, 0.29) is 0 Å². The van der Waals surface area contributed by atoms with Crippen molar-refractivity contribution in [3.8, 4) is 0 Å². The fourth-order valence-electron chi connectivity index (χ4n) is 2.32. The lowest BCUT2D eigenvalue weighted by molar-refractivity contribution is 0.324. The van der Waals surface area contributed by atoms with Gasteiger partial charge in [-0.25, -0.2) is 0 Å². The summed E-state index contributed by atoms with van der Waals surface area (Å²) in [5, 5.41) is 3.62. The Labute approximate surface area is 68.0 Å². The van der Waals surface area contributed by atoms with Gasteiger partial charge < -0.3 is 5.32 Å². The molecule has 1 unspecified atom stereocenters. The Hall–Kier alpha value is 0.310. The Kier molecular flexibility index (Phi) is 1.92. The van der Waals surface area contributed by atoms with Crippen molar-refractivity contribution in [2.24, 2.45) is 5.92 Å². The van der Waals surface area contributed by atoms with E-state index < -0.39 is 0 Å². The molecule has 0 aromatic rings. The molecule has 2 rings (SSSR count). The van der Waals surface area contributed by atoms with Gasteiger partial charge in [0.2, 0.25) is 0 Å². The number of piperidine rings is 1. The number of hydrogen-bond acceptors (Lipinski definition) is 2. The molecule has 0 spiro atoms. The molecule has 2 fully saturated rings. The van der Waals surface area contributed by atoms with Gasteiger partial charge in [0.1, 0.15) is 0 Å². The summed E-state index contributed by atoms with van der Waals surface area (Å²) in [4.78, 5) is 0. The van der Waals surface area contributed by atoms with Crippen LogP contribution in [0.15, 0.2) is 0 Å². The molecule has 2 aliphatic rings. The van der Waals surface area contributed by atoms with E-state index in [0.717, 1.165) is 23.8 Å². The van der Waals surface area contributed by atoms with Crippen molar-refractivity contribution in [1.82, 2.24) is 5.32 Å². The molecule has 58 valence electrons. The Morgan fingerprint density at radius 3 is 2.30 bits per heavy atom. The number of rotatable bonds is 1. The highest BCUT2D eigenvalue weighted by atomic mass is 32.1. The zero-order chi connectivity index (χ0) is 6.97. The Balaban J connectivity index is 1.96. The monoisotopic (exact) mass is 157 g/mol. The molecule has 1 N–H and O–H groups in total. The normalized spacial score (nSPS) is 45.9. The summed E-state index contributed by atoms with van der Waals surface area (Å²) in [5.41, 5.74) is 0. The van der Waals surface area contributed by atoms with E-state index >= 15 is 0 Å². The highest BCUT2D eigenvalue weighted by Crippen LogP contribution is 2.31. The van der Waals surface area contributed by atoms with E-state index in [9.17, 15) is 0 Å². The minimum atomic E-state index is 0.843. The van der Waals surface area contributed by atoms with Crippen molar-refractivity contribution in [3.63, 3.8) is 0 Å². The third-order valence-electron chi connectivity index (χ3n) is 2.83. The second-order valence-corrected chi connectivity index (χ2v) is 4.02. The fraction of sp³-hybridized carbons (Fsp3) is 1.00. The van der Waals surface area contributed by atoms with E-state index in [4.69, 9.17) is 0 Å². The van der Waals surface area contributed by atoms with E-state index in [0.29, 0.717) is 0 Å². The Morgan fingerprint density at radius 2 is 1.80 bits per heavy atom. The van der Waals surface area contributed by atoms with Crippen LogP contribution in [-0.2, 0) is 0 Å². The Morgan fingerprint density at radius 1 is 1.20 bits per heavy atom. The smallest absolute Gasteiger partial charge is 0.00731 e. The van der Waals surface area contributed by atoms with Crippen molar-refractivity contribution < 1.29 is 0 Å². The minimum absolute atomic E-state index is 0.843. The third-order valence-corrected chi connectivity index (χ3v) is 3.35. The maximum atomic E-state index is 4.34. The largest absolute Gasteiger partial charge is 0.311 e. The van der Waals surface area contributed by atoms with Crippen molar-refractivity contribution in [3.05, 3.63) is 0 Å². The highest BCUT2D eigenvalue weighted by molar-refractivity contribution is 7.80. The van der Waals surface area contributed by atoms with Gasteiger partial charge in [-0.3, -0.25) is 0 Å². The number of thiol groups is 1. The van der Waals surface area contributed by atoms with Crippen LogP contribution in [-0.4, -0.2) is 17.8 Å². The first-order valence-corrected chi connectivity index (χ1v) is 4.88. The molecule has 0 aromatic heterocycles. The van der Waals surface area contributed by atoms with Gasteiger partial charge in [0.15, 0.2) is 0 Å². The van der Waals surface area contributed by atoms with Gasteiger partial charge in [-0.2, -0.15) is 12.6 Å². The highest BCUT2D eigenvalue weighted by Gasteiger charge is 2.32. The van der Waals surface area contributed by atoms with Gasteiger partial charge in [0.25, 0.3) is 0 Å². The summed E-state index contributed by atoms with van der Waals surface area (Å²) in [6, 6.07) is 1.69. The van der Waals surface area contributed by atoms with E-state index in [2.05, 4.69) is 17.9 Å². The lowest BCUT2D eigenvalue weighted by Crippen LogP contribution is -2.38. The van der Waals surface area contributed by atoms with Crippen LogP contribution in [0.25, 0.3) is 0 Å². The third kappa shape index (κ3) is 1.19. The van der Waals surface area contributed by atoms with Gasteiger partial charge in [-0.15, -0.1) is 0 Å². The molecule has 0 radical (unpaired) electrons. The van der Waals surface area contributed by atoms with Crippen LogP contribution in [0, 0.1) is 5.92 Å². The molecule has 10 heavy (non-hydrogen) atoms. The zero-order valence-electron chi connectivity index (χ0n) is 6.21. The Bertz CT molecular complexity index is 114. The van der Waals surface area contributed by atoms with E-state index in [1.807, 2.05) is 0 Å². The van der Waals surface area contributed by atoms with Gasteiger partial charge in [0.05, 0.1) is 0 Å². The van der Waals surface area contributed by atoms with E-state index in [1.54, 1.807) is 0 Å². The first kappa shape index (κ1) is 6.99. The van der Waals surface area contributed by atoms with Crippen molar-refractivity contribution in [2.75, 3.05) is 5.75 Å². The van der Waals surface area contributed by atoms with Crippen molar-refractivity contribution in [1.29, 1.82) is 0 Å². The number of nitrogens with one attached hydrogen (secondary N) is 1. The first-order chi connectivity index (χ1) is 4.88. The fourth-order valence-corrected chi connectivity index (χ4v) is 2.62. The maximum Gasteiger partial charge on any atom is 0.00731 e. The molecular formula is C8H15NS. The molecule has 0 aliphatic carbocycles. The second kappa shape index (κ2) is 2.74. The SMILES string of the molecule is SCC1C[C@H]2CC[C@@H](C1)N2. The quantitative estimate of drug-likeness (QED) is 0.549. The molecule has 2 heterocycles. The molecule has 3 atom stereocenters. The summed E-state index contributed by atoms with van der Waals surface area (Å²) in [6.07, 6.45) is 5.57. The van der Waals surface area contributed by atoms with Crippen LogP contribution in [0.3, 0.4) is 0 Å². The van der Waals surface area contributed by atoms with Crippen LogP contribution in [0.1, 0.15) is 25.7 Å². The molecule has 2 heteroatoms. The lowest BCUT2D eigenvalue weighted by atomic mass is 9.94. The molecule has 0 amide bonds. The molecule has 1 nitrogen and oxygen atoms in total. The van der Waals surface area contributed by atoms with Crippen LogP contribution in [0.5, 0.6) is 0 Å². The predicted molar refractivity (Wildman–Crippen MR) is 46.5 cm³/mol. The van der Waals surface area contributed by atoms with E-state index in [1.165, 1.54) is 25.7 Å². The van der Waals surface area contributed by atoms with Crippen LogP contribution in [0.2, 0.25) is 0 Å². The predicted octanol–water partition coefficient (Wildman–Crippen LogP) is 1.45. The van der Waals surface area contributed by atoms with Crippen LogP contribution in [0.4, 0.5) is 0 Å². The summed E-state index contributed by atoms with van der Waals surface area (Å²) in [7, 11) is 0. The molecule has 0 saturated carbocycles. The zero-order valence-corrected chi connectivity index (χ0v) is 7.11. The molecule has 0 aromatic carbocycles. The molecule has 2 bridgehead atoms.